The van der Waals surface area contributed by atoms with Gasteiger partial charge in [-0.15, -0.1) is 0 Å². The van der Waals surface area contributed by atoms with Gasteiger partial charge in [-0.2, -0.15) is 0 Å². The van der Waals surface area contributed by atoms with Gasteiger partial charge in [0.2, 0.25) is 0 Å². The maximum absolute atomic E-state index is 2.56. The van der Waals surface area contributed by atoms with E-state index >= 15 is 0 Å². The van der Waals surface area contributed by atoms with Crippen LogP contribution in [0.2, 0.25) is 0 Å². The third-order valence-corrected chi connectivity index (χ3v) is 7.44. The number of hydrogen-bond donors (Lipinski definition) is 0. The molecule has 2 rings (SSSR count). The fraction of sp³-hybridized carbons (Fsp3) is 0.657. The third kappa shape index (κ3) is 6.61. The van der Waals surface area contributed by atoms with Gasteiger partial charge in [-0.05, 0) is 72.4 Å². The summed E-state index contributed by atoms with van der Waals surface area (Å²) in [5.74, 6) is 0.384. The van der Waals surface area contributed by atoms with Crippen molar-refractivity contribution in [2.24, 2.45) is 0 Å². The highest BCUT2D eigenvalue weighted by molar-refractivity contribution is 5.53. The highest BCUT2D eigenvalue weighted by Crippen LogP contribution is 2.45. The molecule has 0 aliphatic heterocycles. The quantitative estimate of drug-likeness (QED) is 0.413. The first-order chi connectivity index (χ1) is 15.5. The van der Waals surface area contributed by atoms with E-state index < -0.39 is 0 Å². The summed E-state index contributed by atoms with van der Waals surface area (Å²) < 4.78 is 0. The van der Waals surface area contributed by atoms with E-state index in [1.165, 1.54) is 38.9 Å². The molecular formula is C35H56. The summed E-state index contributed by atoms with van der Waals surface area (Å²) >= 11 is 0. The first kappa shape index (κ1) is 29.7. The topological polar surface area (TPSA) is 0 Å². The Morgan fingerprint density at radius 3 is 1.26 bits per heavy atom. The SMILES string of the molecule is CCC(c1cc(C(C)(C)C)c(C(C)(C)C)c(C(C)(C)C)c1)c1ccc(C(C)(C)C)cc1C(C)(C)C. The van der Waals surface area contributed by atoms with Crippen LogP contribution in [0.3, 0.4) is 0 Å². The molecule has 1 unspecified atom stereocenters. The van der Waals surface area contributed by atoms with E-state index in [4.69, 9.17) is 0 Å². The van der Waals surface area contributed by atoms with Crippen molar-refractivity contribution < 1.29 is 0 Å². The molecule has 35 heavy (non-hydrogen) atoms. The van der Waals surface area contributed by atoms with Crippen LogP contribution in [-0.4, -0.2) is 0 Å². The van der Waals surface area contributed by atoms with Gasteiger partial charge in [0, 0.05) is 5.92 Å². The van der Waals surface area contributed by atoms with Gasteiger partial charge in [0.1, 0.15) is 0 Å². The first-order valence-electron chi connectivity index (χ1n) is 13.8. The van der Waals surface area contributed by atoms with Crippen LogP contribution in [0.25, 0.3) is 0 Å². The van der Waals surface area contributed by atoms with Gasteiger partial charge in [0.25, 0.3) is 0 Å². The fourth-order valence-electron chi connectivity index (χ4n) is 5.47. The van der Waals surface area contributed by atoms with Crippen molar-refractivity contribution in [3.63, 3.8) is 0 Å². The lowest BCUT2D eigenvalue weighted by Crippen LogP contribution is -2.29. The second kappa shape index (κ2) is 9.39. The molecule has 0 saturated heterocycles. The maximum atomic E-state index is 2.56. The van der Waals surface area contributed by atoms with Crippen molar-refractivity contribution >= 4 is 0 Å². The fourth-order valence-corrected chi connectivity index (χ4v) is 5.47. The van der Waals surface area contributed by atoms with Gasteiger partial charge < -0.3 is 0 Å². The van der Waals surface area contributed by atoms with Gasteiger partial charge >= 0.3 is 0 Å². The lowest BCUT2D eigenvalue weighted by molar-refractivity contribution is 0.495. The second-order valence-electron chi connectivity index (χ2n) is 16.0. The molecule has 0 heterocycles. The Morgan fingerprint density at radius 2 is 0.943 bits per heavy atom. The van der Waals surface area contributed by atoms with Crippen molar-refractivity contribution in [1.82, 2.24) is 0 Å². The van der Waals surface area contributed by atoms with Gasteiger partial charge in [-0.3, -0.25) is 0 Å². The van der Waals surface area contributed by atoms with Crippen LogP contribution in [0.5, 0.6) is 0 Å². The average molecular weight is 477 g/mol. The summed E-state index contributed by atoms with van der Waals surface area (Å²) in [6, 6.07) is 12.5. The molecule has 0 heteroatoms. The van der Waals surface area contributed by atoms with E-state index in [1.807, 2.05) is 0 Å². The summed E-state index contributed by atoms with van der Waals surface area (Å²) in [5, 5.41) is 0. The molecular weight excluding hydrogens is 420 g/mol. The Morgan fingerprint density at radius 1 is 0.514 bits per heavy atom. The van der Waals surface area contributed by atoms with Gasteiger partial charge in [0.05, 0.1) is 0 Å². The largest absolute Gasteiger partial charge is 0.0645 e. The lowest BCUT2D eigenvalue weighted by Gasteiger charge is -2.38. The molecule has 0 aromatic heterocycles. The van der Waals surface area contributed by atoms with Crippen LogP contribution in [0, 0.1) is 0 Å². The van der Waals surface area contributed by atoms with E-state index in [2.05, 4.69) is 141 Å². The smallest absolute Gasteiger partial charge is 0.00898 e. The molecule has 2 aromatic carbocycles. The summed E-state index contributed by atoms with van der Waals surface area (Å²) in [6.07, 6.45) is 1.10. The monoisotopic (exact) mass is 476 g/mol. The molecule has 0 amide bonds. The maximum Gasteiger partial charge on any atom is 0.00898 e. The lowest BCUT2D eigenvalue weighted by atomic mass is 9.66. The molecule has 0 aliphatic rings. The Labute approximate surface area is 219 Å². The number of benzene rings is 2. The molecule has 2 aromatic rings. The summed E-state index contributed by atoms with van der Waals surface area (Å²) in [4.78, 5) is 0. The Bertz CT molecular complexity index is 993. The number of hydrogen-bond acceptors (Lipinski definition) is 0. The van der Waals surface area contributed by atoms with E-state index in [0.717, 1.165) is 6.42 Å². The average Bonchev–Trinajstić information content (AvgIpc) is 2.64. The van der Waals surface area contributed by atoms with Crippen LogP contribution in [-0.2, 0) is 27.1 Å². The molecule has 0 fully saturated rings. The normalized spacial score (nSPS) is 14.9. The molecule has 0 radical (unpaired) electrons. The Kier molecular flexibility index (Phi) is 7.96. The first-order valence-corrected chi connectivity index (χ1v) is 13.8. The summed E-state index contributed by atoms with van der Waals surface area (Å²) in [7, 11) is 0. The molecule has 1 atom stereocenters. The zero-order valence-corrected chi connectivity index (χ0v) is 26.2. The minimum atomic E-state index is 0.0832. The molecule has 0 nitrogen and oxygen atoms in total. The van der Waals surface area contributed by atoms with E-state index in [9.17, 15) is 0 Å². The van der Waals surface area contributed by atoms with Crippen molar-refractivity contribution in [3.8, 4) is 0 Å². The minimum Gasteiger partial charge on any atom is -0.0645 e. The molecule has 0 saturated carbocycles. The predicted molar refractivity (Wildman–Crippen MR) is 159 cm³/mol. The van der Waals surface area contributed by atoms with Crippen molar-refractivity contribution in [3.05, 3.63) is 69.3 Å². The third-order valence-electron chi connectivity index (χ3n) is 7.44. The van der Waals surface area contributed by atoms with E-state index in [0.29, 0.717) is 5.92 Å². The molecule has 196 valence electrons. The second-order valence-corrected chi connectivity index (χ2v) is 16.0. The zero-order chi connectivity index (χ0) is 27.4. The summed E-state index contributed by atoms with van der Waals surface area (Å²) in [5.41, 5.74) is 10.9. The molecule has 0 spiro atoms. The van der Waals surface area contributed by atoms with Crippen LogP contribution in [0.1, 0.15) is 162 Å². The van der Waals surface area contributed by atoms with Crippen molar-refractivity contribution in [1.29, 1.82) is 0 Å². The van der Waals surface area contributed by atoms with Crippen LogP contribution in [0.4, 0.5) is 0 Å². The standard InChI is InChI=1S/C35H56/c1-17-25(26-19-18-24(31(2,3)4)22-27(26)32(5,6)7)23-20-28(33(8,9)10)30(35(14,15)16)29(21-23)34(11,12)13/h18-22,25H,17H2,1-16H3. The highest BCUT2D eigenvalue weighted by Gasteiger charge is 2.34. The van der Waals surface area contributed by atoms with Crippen LogP contribution in [0.15, 0.2) is 30.3 Å². The molecule has 0 N–H and O–H groups in total. The van der Waals surface area contributed by atoms with Crippen LogP contribution < -0.4 is 0 Å². The molecule has 0 aliphatic carbocycles. The number of rotatable bonds is 3. The van der Waals surface area contributed by atoms with Crippen molar-refractivity contribution in [2.45, 2.75) is 150 Å². The van der Waals surface area contributed by atoms with E-state index in [-0.39, 0.29) is 27.1 Å². The van der Waals surface area contributed by atoms with Gasteiger partial charge in [-0.1, -0.05) is 141 Å². The Balaban J connectivity index is 2.97. The highest BCUT2D eigenvalue weighted by atomic mass is 14.4. The molecule has 0 bridgehead atoms. The van der Waals surface area contributed by atoms with E-state index in [1.54, 1.807) is 0 Å². The predicted octanol–water partition coefficient (Wildman–Crippen LogP) is 10.7. The zero-order valence-electron chi connectivity index (χ0n) is 26.2. The van der Waals surface area contributed by atoms with Crippen molar-refractivity contribution in [2.75, 3.05) is 0 Å². The minimum absolute atomic E-state index is 0.0832. The summed E-state index contributed by atoms with van der Waals surface area (Å²) in [6.45, 7) is 37.9. The van der Waals surface area contributed by atoms with Crippen LogP contribution >= 0.6 is 0 Å². The van der Waals surface area contributed by atoms with Gasteiger partial charge in [0.15, 0.2) is 0 Å². The van der Waals surface area contributed by atoms with Gasteiger partial charge in [-0.25, -0.2) is 0 Å². The Hall–Kier alpha value is -1.56.